The van der Waals surface area contributed by atoms with Gasteiger partial charge in [-0.3, -0.25) is 9.78 Å². The molecule has 0 radical (unpaired) electrons. The van der Waals surface area contributed by atoms with Crippen LogP contribution in [0.15, 0.2) is 30.5 Å². The van der Waals surface area contributed by atoms with E-state index in [4.69, 9.17) is 0 Å². The topological polar surface area (TPSA) is 62.2 Å². The molecule has 4 nitrogen and oxygen atoms in total. The first-order valence-corrected chi connectivity index (χ1v) is 4.51. The number of benzene rings is 1. The Hall–Kier alpha value is -2.10. The summed E-state index contributed by atoms with van der Waals surface area (Å²) in [5.74, 6) is -0.00932. The van der Waals surface area contributed by atoms with Gasteiger partial charge in [-0.1, -0.05) is 0 Å². The van der Waals surface area contributed by atoms with Crippen molar-refractivity contribution in [2.75, 3.05) is 5.32 Å². The largest absolute Gasteiger partial charge is 0.506 e. The molecule has 1 aromatic carbocycles. The lowest BCUT2D eigenvalue weighted by atomic mass is 10.2. The van der Waals surface area contributed by atoms with Gasteiger partial charge in [-0.15, -0.1) is 0 Å². The van der Waals surface area contributed by atoms with E-state index < -0.39 is 0 Å². The summed E-state index contributed by atoms with van der Waals surface area (Å²) in [4.78, 5) is 14.9. The molecule has 0 fully saturated rings. The van der Waals surface area contributed by atoms with Crippen molar-refractivity contribution in [2.45, 2.75) is 6.92 Å². The van der Waals surface area contributed by atoms with Crippen LogP contribution >= 0.6 is 0 Å². The minimum Gasteiger partial charge on any atom is -0.506 e. The highest BCUT2D eigenvalue weighted by Crippen LogP contribution is 2.20. The standard InChI is InChI=1S/C11H10N2O2/c1-7(14)13-9-2-3-11-8(4-9)5-10(15)6-12-11/h2-6,15H,1H3,(H,13,14). The summed E-state index contributed by atoms with van der Waals surface area (Å²) >= 11 is 0. The summed E-state index contributed by atoms with van der Waals surface area (Å²) in [6.07, 6.45) is 1.39. The van der Waals surface area contributed by atoms with Crippen LogP contribution in [-0.2, 0) is 4.79 Å². The molecule has 0 unspecified atom stereocenters. The van der Waals surface area contributed by atoms with Crippen LogP contribution in [0.4, 0.5) is 5.69 Å². The Morgan fingerprint density at radius 3 is 2.93 bits per heavy atom. The van der Waals surface area contributed by atoms with E-state index in [1.165, 1.54) is 13.1 Å². The zero-order chi connectivity index (χ0) is 10.8. The summed E-state index contributed by atoms with van der Waals surface area (Å²) in [5, 5.41) is 12.7. The van der Waals surface area contributed by atoms with Crippen molar-refractivity contribution in [3.05, 3.63) is 30.5 Å². The van der Waals surface area contributed by atoms with Crippen LogP contribution in [0, 0.1) is 0 Å². The second-order valence-electron chi connectivity index (χ2n) is 3.28. The second kappa shape index (κ2) is 3.57. The molecule has 0 saturated carbocycles. The van der Waals surface area contributed by atoms with Gasteiger partial charge in [0.1, 0.15) is 5.75 Å². The third-order valence-corrected chi connectivity index (χ3v) is 1.99. The van der Waals surface area contributed by atoms with Crippen LogP contribution in [0.25, 0.3) is 10.9 Å². The number of hydrogen-bond acceptors (Lipinski definition) is 3. The summed E-state index contributed by atoms with van der Waals surface area (Å²) in [5.41, 5.74) is 1.48. The average molecular weight is 202 g/mol. The quantitative estimate of drug-likeness (QED) is 0.742. The predicted octanol–water partition coefficient (Wildman–Crippen LogP) is 1.90. The summed E-state index contributed by atoms with van der Waals surface area (Å²) in [6.45, 7) is 1.45. The van der Waals surface area contributed by atoms with E-state index in [1.54, 1.807) is 24.3 Å². The van der Waals surface area contributed by atoms with Gasteiger partial charge in [-0.25, -0.2) is 0 Å². The van der Waals surface area contributed by atoms with Crippen LogP contribution < -0.4 is 5.32 Å². The third-order valence-electron chi connectivity index (χ3n) is 1.99. The fourth-order valence-corrected chi connectivity index (χ4v) is 1.40. The molecule has 76 valence electrons. The van der Waals surface area contributed by atoms with E-state index in [-0.39, 0.29) is 11.7 Å². The van der Waals surface area contributed by atoms with E-state index in [0.717, 1.165) is 10.9 Å². The molecule has 2 aromatic rings. The zero-order valence-corrected chi connectivity index (χ0v) is 8.19. The van der Waals surface area contributed by atoms with Gasteiger partial charge in [0, 0.05) is 18.0 Å². The highest BCUT2D eigenvalue weighted by molar-refractivity contribution is 5.92. The molecule has 0 saturated heterocycles. The number of rotatable bonds is 1. The average Bonchev–Trinajstić information content (AvgIpc) is 2.16. The molecule has 1 heterocycles. The molecule has 0 spiro atoms. The summed E-state index contributed by atoms with van der Waals surface area (Å²) < 4.78 is 0. The van der Waals surface area contributed by atoms with Gasteiger partial charge in [0.05, 0.1) is 11.7 Å². The van der Waals surface area contributed by atoms with E-state index in [9.17, 15) is 9.90 Å². The second-order valence-corrected chi connectivity index (χ2v) is 3.28. The number of aromatic nitrogens is 1. The molecule has 0 aliphatic rings. The van der Waals surface area contributed by atoms with Crippen molar-refractivity contribution in [1.82, 2.24) is 4.98 Å². The number of anilines is 1. The number of nitrogens with one attached hydrogen (secondary N) is 1. The number of fused-ring (bicyclic) bond motifs is 1. The minimum absolute atomic E-state index is 0.113. The maximum atomic E-state index is 10.8. The van der Waals surface area contributed by atoms with Crippen LogP contribution in [0.3, 0.4) is 0 Å². The molecule has 2 N–H and O–H groups in total. The van der Waals surface area contributed by atoms with Crippen molar-refractivity contribution in [3.8, 4) is 5.75 Å². The Morgan fingerprint density at radius 2 is 2.20 bits per heavy atom. The highest BCUT2D eigenvalue weighted by Gasteiger charge is 1.99. The Labute approximate surface area is 86.6 Å². The smallest absolute Gasteiger partial charge is 0.221 e. The van der Waals surface area contributed by atoms with Gasteiger partial charge in [0.15, 0.2) is 0 Å². The van der Waals surface area contributed by atoms with Crippen molar-refractivity contribution >= 4 is 22.5 Å². The Bertz CT molecular complexity index is 523. The molecule has 15 heavy (non-hydrogen) atoms. The van der Waals surface area contributed by atoms with Crippen molar-refractivity contribution in [1.29, 1.82) is 0 Å². The van der Waals surface area contributed by atoms with E-state index in [0.29, 0.717) is 5.69 Å². The fraction of sp³-hybridized carbons (Fsp3) is 0.0909. The molecule has 0 aliphatic heterocycles. The zero-order valence-electron chi connectivity index (χ0n) is 8.19. The number of nitrogens with zero attached hydrogens (tertiary/aromatic N) is 1. The lowest BCUT2D eigenvalue weighted by Crippen LogP contribution is -2.05. The molecule has 1 aromatic heterocycles. The monoisotopic (exact) mass is 202 g/mol. The van der Waals surface area contributed by atoms with Crippen molar-refractivity contribution in [2.24, 2.45) is 0 Å². The van der Waals surface area contributed by atoms with Gasteiger partial charge < -0.3 is 10.4 Å². The number of pyridine rings is 1. The molecular formula is C11H10N2O2. The molecule has 1 amide bonds. The van der Waals surface area contributed by atoms with Gasteiger partial charge in [0.2, 0.25) is 5.91 Å². The van der Waals surface area contributed by atoms with Crippen LogP contribution in [0.1, 0.15) is 6.92 Å². The highest BCUT2D eigenvalue weighted by atomic mass is 16.3. The minimum atomic E-state index is -0.123. The Balaban J connectivity index is 2.49. The molecule has 2 rings (SSSR count). The fourth-order valence-electron chi connectivity index (χ4n) is 1.40. The van der Waals surface area contributed by atoms with Crippen LogP contribution in [0.5, 0.6) is 5.75 Å². The maximum absolute atomic E-state index is 10.8. The van der Waals surface area contributed by atoms with Crippen molar-refractivity contribution < 1.29 is 9.90 Å². The first-order valence-electron chi connectivity index (χ1n) is 4.51. The number of amides is 1. The molecule has 0 atom stereocenters. The van der Waals surface area contributed by atoms with Crippen LogP contribution in [-0.4, -0.2) is 16.0 Å². The maximum Gasteiger partial charge on any atom is 0.221 e. The van der Waals surface area contributed by atoms with Gasteiger partial charge in [-0.05, 0) is 24.3 Å². The predicted molar refractivity (Wildman–Crippen MR) is 57.7 cm³/mol. The third kappa shape index (κ3) is 2.04. The van der Waals surface area contributed by atoms with Gasteiger partial charge in [0.25, 0.3) is 0 Å². The number of aromatic hydroxyl groups is 1. The number of carbonyl (C=O) groups is 1. The van der Waals surface area contributed by atoms with Gasteiger partial charge in [-0.2, -0.15) is 0 Å². The van der Waals surface area contributed by atoms with E-state index in [1.807, 2.05) is 0 Å². The lowest BCUT2D eigenvalue weighted by Gasteiger charge is -2.03. The first-order chi connectivity index (χ1) is 7.15. The Morgan fingerprint density at radius 1 is 1.40 bits per heavy atom. The summed E-state index contributed by atoms with van der Waals surface area (Å²) in [7, 11) is 0. The van der Waals surface area contributed by atoms with E-state index >= 15 is 0 Å². The number of hydrogen-bond donors (Lipinski definition) is 2. The molecule has 0 bridgehead atoms. The normalized spacial score (nSPS) is 10.2. The van der Waals surface area contributed by atoms with E-state index in [2.05, 4.69) is 10.3 Å². The lowest BCUT2D eigenvalue weighted by molar-refractivity contribution is -0.114. The SMILES string of the molecule is CC(=O)Nc1ccc2ncc(O)cc2c1. The Kier molecular flexibility index (Phi) is 2.25. The molecule has 0 aliphatic carbocycles. The summed E-state index contributed by atoms with van der Waals surface area (Å²) in [6, 6.07) is 6.94. The molecule has 4 heteroatoms. The number of carbonyl (C=O) groups excluding carboxylic acids is 1. The van der Waals surface area contributed by atoms with Gasteiger partial charge >= 0.3 is 0 Å². The van der Waals surface area contributed by atoms with Crippen LogP contribution in [0.2, 0.25) is 0 Å². The first kappa shape index (κ1) is 9.45. The molecular weight excluding hydrogens is 192 g/mol. The van der Waals surface area contributed by atoms with Crippen molar-refractivity contribution in [3.63, 3.8) is 0 Å².